The number of fused-ring (bicyclic) bond motifs is 1. The number of rotatable bonds is 3. The molecule has 0 spiro atoms. The number of nitrogens with zero attached hydrogens (tertiary/aromatic N) is 4. The minimum atomic E-state index is 0.276. The molecule has 4 rings (SSSR count). The highest BCUT2D eigenvalue weighted by Gasteiger charge is 2.29. The molecule has 1 aliphatic rings. The van der Waals surface area contributed by atoms with Crippen molar-refractivity contribution in [3.05, 3.63) is 23.8 Å². The van der Waals surface area contributed by atoms with Gasteiger partial charge < -0.3 is 8.94 Å². The molecule has 0 N–H and O–H groups in total. The fourth-order valence-electron chi connectivity index (χ4n) is 2.23. The summed E-state index contributed by atoms with van der Waals surface area (Å²) in [5, 5.41) is 13.2. The molecule has 0 saturated heterocycles. The summed E-state index contributed by atoms with van der Waals surface area (Å²) in [6, 6.07) is 1.96. The van der Waals surface area contributed by atoms with Crippen molar-refractivity contribution in [3.8, 4) is 11.5 Å². The van der Waals surface area contributed by atoms with Crippen molar-refractivity contribution in [3.63, 3.8) is 0 Å². The molecule has 3 aromatic heterocycles. The Balaban J connectivity index is 1.80. The second-order valence-electron chi connectivity index (χ2n) is 5.52. The standard InChI is InChI=1S/C14H14N4O2/c1-7(2)11-10-5-9(6-15-14(10)20-18-11)13-17-16-12(19-13)8-3-4-8/h5-8H,3-4H2,1-2H3. The van der Waals surface area contributed by atoms with Crippen LogP contribution in [0.3, 0.4) is 0 Å². The Kier molecular flexibility index (Phi) is 2.39. The summed E-state index contributed by atoms with van der Waals surface area (Å²) in [6.07, 6.45) is 3.96. The van der Waals surface area contributed by atoms with Crippen LogP contribution in [0.1, 0.15) is 50.1 Å². The molecule has 0 bridgehead atoms. The van der Waals surface area contributed by atoms with Crippen LogP contribution in [0, 0.1) is 0 Å². The zero-order chi connectivity index (χ0) is 13.7. The predicted octanol–water partition coefficient (Wildman–Crippen LogP) is 3.27. The molecular formula is C14H14N4O2. The Morgan fingerprint density at radius 3 is 2.85 bits per heavy atom. The fourth-order valence-corrected chi connectivity index (χ4v) is 2.23. The molecule has 1 aliphatic carbocycles. The lowest BCUT2D eigenvalue weighted by Crippen LogP contribution is -1.88. The van der Waals surface area contributed by atoms with Gasteiger partial charge in [0, 0.05) is 12.1 Å². The topological polar surface area (TPSA) is 77.8 Å². The van der Waals surface area contributed by atoms with Gasteiger partial charge in [0.2, 0.25) is 11.8 Å². The van der Waals surface area contributed by atoms with E-state index in [1.54, 1.807) is 6.20 Å². The van der Waals surface area contributed by atoms with Gasteiger partial charge in [-0.05, 0) is 24.8 Å². The van der Waals surface area contributed by atoms with Gasteiger partial charge in [-0.2, -0.15) is 0 Å². The lowest BCUT2D eigenvalue weighted by molar-refractivity contribution is 0.434. The SMILES string of the molecule is CC(C)c1noc2ncc(-c3nnc(C4CC4)o3)cc12. The van der Waals surface area contributed by atoms with E-state index in [2.05, 4.69) is 34.2 Å². The Morgan fingerprint density at radius 1 is 1.25 bits per heavy atom. The third-order valence-electron chi connectivity index (χ3n) is 3.52. The summed E-state index contributed by atoms with van der Waals surface area (Å²) in [7, 11) is 0. The Hall–Kier alpha value is -2.24. The van der Waals surface area contributed by atoms with E-state index >= 15 is 0 Å². The highest BCUT2D eigenvalue weighted by atomic mass is 16.5. The molecule has 0 radical (unpaired) electrons. The predicted molar refractivity (Wildman–Crippen MR) is 71.2 cm³/mol. The Labute approximate surface area is 115 Å². The summed E-state index contributed by atoms with van der Waals surface area (Å²) >= 11 is 0. The van der Waals surface area contributed by atoms with Gasteiger partial charge in [0.15, 0.2) is 0 Å². The zero-order valence-electron chi connectivity index (χ0n) is 11.3. The Bertz CT molecular complexity index is 770. The lowest BCUT2D eigenvalue weighted by Gasteiger charge is -1.99. The van der Waals surface area contributed by atoms with Crippen LogP contribution < -0.4 is 0 Å². The second-order valence-corrected chi connectivity index (χ2v) is 5.52. The third kappa shape index (κ3) is 1.79. The maximum Gasteiger partial charge on any atom is 0.257 e. The van der Waals surface area contributed by atoms with Crippen molar-refractivity contribution >= 4 is 11.1 Å². The molecule has 0 aromatic carbocycles. The summed E-state index contributed by atoms with van der Waals surface area (Å²) < 4.78 is 10.9. The van der Waals surface area contributed by atoms with Crippen LogP contribution in [0.5, 0.6) is 0 Å². The van der Waals surface area contributed by atoms with E-state index in [1.807, 2.05) is 6.07 Å². The largest absolute Gasteiger partial charge is 0.420 e. The summed E-state index contributed by atoms with van der Waals surface area (Å²) in [4.78, 5) is 4.27. The van der Waals surface area contributed by atoms with Crippen molar-refractivity contribution < 1.29 is 8.94 Å². The van der Waals surface area contributed by atoms with Gasteiger partial charge in [-0.25, -0.2) is 4.98 Å². The van der Waals surface area contributed by atoms with Crippen molar-refractivity contribution in [1.82, 2.24) is 20.3 Å². The van der Waals surface area contributed by atoms with Gasteiger partial charge in [0.25, 0.3) is 5.71 Å². The van der Waals surface area contributed by atoms with Crippen LogP contribution in [-0.2, 0) is 0 Å². The van der Waals surface area contributed by atoms with Gasteiger partial charge in [-0.1, -0.05) is 19.0 Å². The molecule has 102 valence electrons. The molecule has 3 heterocycles. The van der Waals surface area contributed by atoms with Crippen molar-refractivity contribution in [2.75, 3.05) is 0 Å². The molecule has 6 nitrogen and oxygen atoms in total. The number of hydrogen-bond donors (Lipinski definition) is 0. The molecular weight excluding hydrogens is 256 g/mol. The van der Waals surface area contributed by atoms with Gasteiger partial charge >= 0.3 is 0 Å². The number of hydrogen-bond acceptors (Lipinski definition) is 6. The maximum atomic E-state index is 5.71. The number of pyridine rings is 1. The summed E-state index contributed by atoms with van der Waals surface area (Å²) in [6.45, 7) is 4.14. The zero-order valence-corrected chi connectivity index (χ0v) is 11.3. The average molecular weight is 270 g/mol. The average Bonchev–Trinajstić information content (AvgIpc) is 3.03. The van der Waals surface area contributed by atoms with E-state index < -0.39 is 0 Å². The molecule has 0 unspecified atom stereocenters. The van der Waals surface area contributed by atoms with Crippen LogP contribution in [0.25, 0.3) is 22.6 Å². The van der Waals surface area contributed by atoms with E-state index in [1.165, 1.54) is 0 Å². The van der Waals surface area contributed by atoms with Crippen LogP contribution in [0.15, 0.2) is 21.2 Å². The second kappa shape index (κ2) is 4.13. The molecule has 20 heavy (non-hydrogen) atoms. The van der Waals surface area contributed by atoms with E-state index in [9.17, 15) is 0 Å². The first-order chi connectivity index (χ1) is 9.72. The maximum absolute atomic E-state index is 5.71. The molecule has 1 fully saturated rings. The lowest BCUT2D eigenvalue weighted by atomic mass is 10.1. The molecule has 0 aliphatic heterocycles. The van der Waals surface area contributed by atoms with Gasteiger partial charge in [-0.15, -0.1) is 10.2 Å². The van der Waals surface area contributed by atoms with Crippen molar-refractivity contribution in [2.24, 2.45) is 0 Å². The molecule has 6 heteroatoms. The molecule has 0 amide bonds. The normalized spacial score (nSPS) is 15.3. The first-order valence-electron chi connectivity index (χ1n) is 6.81. The van der Waals surface area contributed by atoms with Gasteiger partial charge in [-0.3, -0.25) is 0 Å². The minimum absolute atomic E-state index is 0.276. The van der Waals surface area contributed by atoms with E-state index in [0.717, 1.165) is 35.4 Å². The minimum Gasteiger partial charge on any atom is -0.420 e. The van der Waals surface area contributed by atoms with Gasteiger partial charge in [0.1, 0.15) is 0 Å². The van der Waals surface area contributed by atoms with Crippen molar-refractivity contribution in [2.45, 2.75) is 38.5 Å². The third-order valence-corrected chi connectivity index (χ3v) is 3.52. The van der Waals surface area contributed by atoms with Crippen LogP contribution in [-0.4, -0.2) is 20.3 Å². The fraction of sp³-hybridized carbons (Fsp3) is 0.429. The highest BCUT2D eigenvalue weighted by molar-refractivity contribution is 5.80. The van der Waals surface area contributed by atoms with Crippen molar-refractivity contribution in [1.29, 1.82) is 0 Å². The van der Waals surface area contributed by atoms with Crippen LogP contribution >= 0.6 is 0 Å². The Morgan fingerprint density at radius 2 is 2.10 bits per heavy atom. The first kappa shape index (κ1) is 11.6. The van der Waals surface area contributed by atoms with E-state index in [4.69, 9.17) is 8.94 Å². The van der Waals surface area contributed by atoms with Gasteiger partial charge in [0.05, 0.1) is 16.6 Å². The molecule has 3 aromatic rings. The smallest absolute Gasteiger partial charge is 0.257 e. The summed E-state index contributed by atoms with van der Waals surface area (Å²) in [5.41, 5.74) is 2.25. The molecule has 0 atom stereocenters. The first-order valence-corrected chi connectivity index (χ1v) is 6.81. The number of aromatic nitrogens is 4. The highest BCUT2D eigenvalue weighted by Crippen LogP contribution is 2.40. The molecule has 1 saturated carbocycles. The van der Waals surface area contributed by atoms with E-state index in [-0.39, 0.29) is 5.92 Å². The quantitative estimate of drug-likeness (QED) is 0.726. The van der Waals surface area contributed by atoms with E-state index in [0.29, 0.717) is 17.5 Å². The van der Waals surface area contributed by atoms with Crippen LogP contribution in [0.2, 0.25) is 0 Å². The monoisotopic (exact) mass is 270 g/mol. The summed E-state index contributed by atoms with van der Waals surface area (Å²) in [5.74, 6) is 1.97. The van der Waals surface area contributed by atoms with Crippen LogP contribution in [0.4, 0.5) is 0 Å².